The van der Waals surface area contributed by atoms with E-state index in [9.17, 15) is 4.79 Å². The fraction of sp³-hybridized carbons (Fsp3) is 0.706. The molecule has 1 aromatic heterocycles. The van der Waals surface area contributed by atoms with Crippen LogP contribution in [0.1, 0.15) is 54.7 Å². The largest absolute Gasteiger partial charge is 0.376 e. The number of aromatic nitrogens is 2. The predicted octanol–water partition coefficient (Wildman–Crippen LogP) is 2.07. The molecule has 1 N–H and O–H groups in total. The average molecular weight is 318 g/mol. The lowest BCUT2D eigenvalue weighted by Gasteiger charge is -2.21. The van der Waals surface area contributed by atoms with E-state index in [1.54, 1.807) is 6.07 Å². The van der Waals surface area contributed by atoms with E-state index in [0.29, 0.717) is 18.2 Å². The molecule has 126 valence electrons. The maximum Gasteiger partial charge on any atom is 0.270 e. The molecule has 1 aromatic rings. The summed E-state index contributed by atoms with van der Waals surface area (Å²) in [6.07, 6.45) is 7.09. The molecule has 1 amide bonds. The zero-order valence-electron chi connectivity index (χ0n) is 13.9. The number of nitrogens with zero attached hydrogens (tertiary/aromatic N) is 3. The van der Waals surface area contributed by atoms with Crippen molar-refractivity contribution in [1.29, 1.82) is 0 Å². The van der Waals surface area contributed by atoms with Gasteiger partial charge in [-0.15, -0.1) is 0 Å². The number of amides is 1. The Morgan fingerprint density at radius 1 is 1.26 bits per heavy atom. The van der Waals surface area contributed by atoms with Gasteiger partial charge in [0, 0.05) is 31.9 Å². The lowest BCUT2D eigenvalue weighted by molar-refractivity contribution is 0.0853. The monoisotopic (exact) mass is 318 g/mol. The molecule has 3 heterocycles. The Labute approximate surface area is 137 Å². The Bertz CT molecular complexity index is 535. The van der Waals surface area contributed by atoms with Crippen LogP contribution in [0.5, 0.6) is 0 Å². The minimum atomic E-state index is -0.137. The number of carbonyl (C=O) groups excluding carboxylic acids is 1. The lowest BCUT2D eigenvalue weighted by atomic mass is 10.2. The molecule has 23 heavy (non-hydrogen) atoms. The van der Waals surface area contributed by atoms with Gasteiger partial charge in [-0.3, -0.25) is 4.79 Å². The van der Waals surface area contributed by atoms with E-state index in [2.05, 4.69) is 20.2 Å². The van der Waals surface area contributed by atoms with Crippen LogP contribution in [0.15, 0.2) is 6.07 Å². The zero-order valence-corrected chi connectivity index (χ0v) is 13.9. The van der Waals surface area contributed by atoms with Gasteiger partial charge in [0.25, 0.3) is 5.91 Å². The van der Waals surface area contributed by atoms with Crippen LogP contribution in [0.2, 0.25) is 0 Å². The highest BCUT2D eigenvalue weighted by Crippen LogP contribution is 2.17. The third-order valence-electron chi connectivity index (χ3n) is 4.48. The van der Waals surface area contributed by atoms with Crippen molar-refractivity contribution < 1.29 is 9.53 Å². The Morgan fingerprint density at radius 2 is 2.04 bits per heavy atom. The Balaban J connectivity index is 1.67. The third kappa shape index (κ3) is 4.41. The number of carbonyl (C=O) groups is 1. The van der Waals surface area contributed by atoms with Gasteiger partial charge in [-0.1, -0.05) is 12.8 Å². The number of hydrogen-bond donors (Lipinski definition) is 1. The van der Waals surface area contributed by atoms with E-state index in [0.717, 1.165) is 51.1 Å². The maximum atomic E-state index is 12.4. The zero-order chi connectivity index (χ0) is 16.1. The SMILES string of the molecule is Cc1cc(C(=O)NC[C@@H]2CCCO2)nc(N2CCCCCC2)n1. The molecule has 1 atom stereocenters. The fourth-order valence-electron chi connectivity index (χ4n) is 3.18. The van der Waals surface area contributed by atoms with Crippen molar-refractivity contribution in [2.24, 2.45) is 0 Å². The highest BCUT2D eigenvalue weighted by atomic mass is 16.5. The molecule has 0 bridgehead atoms. The molecule has 6 heteroatoms. The number of ether oxygens (including phenoxy) is 1. The molecule has 0 radical (unpaired) electrons. The Hall–Kier alpha value is -1.69. The van der Waals surface area contributed by atoms with Crippen LogP contribution in [0, 0.1) is 6.92 Å². The van der Waals surface area contributed by atoms with Crippen LogP contribution >= 0.6 is 0 Å². The van der Waals surface area contributed by atoms with Crippen molar-refractivity contribution in [3.05, 3.63) is 17.5 Å². The summed E-state index contributed by atoms with van der Waals surface area (Å²) < 4.78 is 5.54. The number of nitrogens with one attached hydrogen (secondary N) is 1. The van der Waals surface area contributed by atoms with E-state index >= 15 is 0 Å². The van der Waals surface area contributed by atoms with E-state index in [1.807, 2.05) is 6.92 Å². The molecule has 0 spiro atoms. The van der Waals surface area contributed by atoms with Crippen LogP contribution in [0.25, 0.3) is 0 Å². The Morgan fingerprint density at radius 3 is 2.74 bits per heavy atom. The molecule has 3 rings (SSSR count). The number of hydrogen-bond acceptors (Lipinski definition) is 5. The highest BCUT2D eigenvalue weighted by molar-refractivity contribution is 5.92. The van der Waals surface area contributed by atoms with E-state index < -0.39 is 0 Å². The van der Waals surface area contributed by atoms with E-state index in [-0.39, 0.29) is 12.0 Å². The molecule has 0 unspecified atom stereocenters. The van der Waals surface area contributed by atoms with Gasteiger partial charge in [0.05, 0.1) is 6.10 Å². The van der Waals surface area contributed by atoms with Gasteiger partial charge in [0.2, 0.25) is 5.95 Å². The molecular weight excluding hydrogens is 292 g/mol. The van der Waals surface area contributed by atoms with Gasteiger partial charge in [-0.25, -0.2) is 9.97 Å². The quantitative estimate of drug-likeness (QED) is 0.920. The molecule has 0 aliphatic carbocycles. The first-order chi connectivity index (χ1) is 11.2. The van der Waals surface area contributed by atoms with Crippen LogP contribution in [0.3, 0.4) is 0 Å². The van der Waals surface area contributed by atoms with Crippen molar-refractivity contribution in [3.63, 3.8) is 0 Å². The van der Waals surface area contributed by atoms with E-state index in [4.69, 9.17) is 4.74 Å². The second-order valence-corrected chi connectivity index (χ2v) is 6.44. The molecule has 0 saturated carbocycles. The second kappa shape index (κ2) is 7.73. The van der Waals surface area contributed by atoms with Crippen molar-refractivity contribution in [2.45, 2.75) is 51.6 Å². The standard InChI is InChI=1S/C17H26N4O2/c1-13-11-15(16(22)18-12-14-7-6-10-23-14)20-17(19-13)21-8-4-2-3-5-9-21/h11,14H,2-10,12H2,1H3,(H,18,22)/t14-/m0/s1. The summed E-state index contributed by atoms with van der Waals surface area (Å²) in [6.45, 7) is 5.22. The minimum absolute atomic E-state index is 0.137. The molecule has 0 aromatic carbocycles. The molecule has 2 saturated heterocycles. The van der Waals surface area contributed by atoms with Crippen molar-refractivity contribution >= 4 is 11.9 Å². The van der Waals surface area contributed by atoms with Gasteiger partial charge >= 0.3 is 0 Å². The van der Waals surface area contributed by atoms with Crippen molar-refractivity contribution in [2.75, 3.05) is 31.1 Å². The average Bonchev–Trinajstić information content (AvgIpc) is 2.92. The molecular formula is C17H26N4O2. The molecule has 2 aliphatic heterocycles. The van der Waals surface area contributed by atoms with Crippen LogP contribution < -0.4 is 10.2 Å². The maximum absolute atomic E-state index is 12.4. The summed E-state index contributed by atoms with van der Waals surface area (Å²) in [5.41, 5.74) is 1.29. The van der Waals surface area contributed by atoms with Crippen LogP contribution in [-0.2, 0) is 4.74 Å². The van der Waals surface area contributed by atoms with Crippen molar-refractivity contribution in [1.82, 2.24) is 15.3 Å². The number of rotatable bonds is 4. The van der Waals surface area contributed by atoms with E-state index in [1.165, 1.54) is 12.8 Å². The summed E-state index contributed by atoms with van der Waals surface area (Å²) in [4.78, 5) is 23.6. The van der Waals surface area contributed by atoms with Gasteiger partial charge in [-0.2, -0.15) is 0 Å². The second-order valence-electron chi connectivity index (χ2n) is 6.44. The smallest absolute Gasteiger partial charge is 0.270 e. The van der Waals surface area contributed by atoms with Gasteiger partial charge in [0.1, 0.15) is 5.69 Å². The summed E-state index contributed by atoms with van der Waals surface area (Å²) >= 11 is 0. The third-order valence-corrected chi connectivity index (χ3v) is 4.48. The van der Waals surface area contributed by atoms with Crippen molar-refractivity contribution in [3.8, 4) is 0 Å². The van der Waals surface area contributed by atoms with Gasteiger partial charge in [-0.05, 0) is 38.7 Å². The predicted molar refractivity (Wildman–Crippen MR) is 88.8 cm³/mol. The highest BCUT2D eigenvalue weighted by Gasteiger charge is 2.19. The summed E-state index contributed by atoms with van der Waals surface area (Å²) in [6, 6.07) is 1.76. The fourth-order valence-corrected chi connectivity index (χ4v) is 3.18. The summed E-state index contributed by atoms with van der Waals surface area (Å²) in [5.74, 6) is 0.552. The van der Waals surface area contributed by atoms with Crippen LogP contribution in [0.4, 0.5) is 5.95 Å². The topological polar surface area (TPSA) is 67.3 Å². The Kier molecular flexibility index (Phi) is 5.43. The minimum Gasteiger partial charge on any atom is -0.376 e. The first-order valence-electron chi connectivity index (χ1n) is 8.73. The number of aryl methyl sites for hydroxylation is 1. The number of anilines is 1. The molecule has 2 fully saturated rings. The summed E-state index contributed by atoms with van der Waals surface area (Å²) in [5, 5.41) is 2.94. The molecule has 2 aliphatic rings. The van der Waals surface area contributed by atoms with Gasteiger partial charge in [0.15, 0.2) is 0 Å². The first kappa shape index (κ1) is 16.2. The first-order valence-corrected chi connectivity index (χ1v) is 8.73. The normalized spacial score (nSPS) is 22.0. The lowest BCUT2D eigenvalue weighted by Crippen LogP contribution is -2.33. The van der Waals surface area contributed by atoms with Crippen LogP contribution in [-0.4, -0.2) is 48.2 Å². The molecule has 6 nitrogen and oxygen atoms in total. The van der Waals surface area contributed by atoms with Gasteiger partial charge < -0.3 is 15.0 Å². The summed E-state index contributed by atoms with van der Waals surface area (Å²) in [7, 11) is 0.